The van der Waals surface area contributed by atoms with E-state index in [1.807, 2.05) is 13.1 Å². The average molecular weight is 484 g/mol. The molecule has 8 heteroatoms. The predicted molar refractivity (Wildman–Crippen MR) is 135 cm³/mol. The molecule has 0 radical (unpaired) electrons. The largest absolute Gasteiger partial charge is 0.368 e. The molecule has 0 atom stereocenters. The Bertz CT molecular complexity index is 951. The van der Waals surface area contributed by atoms with Crippen LogP contribution in [0.5, 0.6) is 0 Å². The summed E-state index contributed by atoms with van der Waals surface area (Å²) in [5.74, 6) is -0.290. The lowest BCUT2D eigenvalue weighted by atomic mass is 9.68. The molecule has 3 fully saturated rings. The summed E-state index contributed by atoms with van der Waals surface area (Å²) in [5, 5.41) is 3.59. The summed E-state index contributed by atoms with van der Waals surface area (Å²) in [7, 11) is 3.61. The quantitative estimate of drug-likeness (QED) is 0.594. The maximum absolute atomic E-state index is 13.7. The highest BCUT2D eigenvalue weighted by molar-refractivity contribution is 5.92. The third kappa shape index (κ3) is 4.53. The number of nitrogens with two attached hydrogens (primary N) is 1. The first-order chi connectivity index (χ1) is 16.5. The second-order valence-electron chi connectivity index (χ2n) is 11.3. The van der Waals surface area contributed by atoms with Crippen molar-refractivity contribution in [1.82, 2.24) is 20.0 Å². The molecule has 3 N–H and O–H groups in total. The molecule has 0 aromatic heterocycles. The van der Waals surface area contributed by atoms with Crippen LogP contribution in [0.1, 0.15) is 64.4 Å². The van der Waals surface area contributed by atoms with Crippen molar-refractivity contribution in [3.63, 3.8) is 0 Å². The van der Waals surface area contributed by atoms with E-state index in [2.05, 4.69) is 34.5 Å². The van der Waals surface area contributed by atoms with Crippen LogP contribution < -0.4 is 11.1 Å². The summed E-state index contributed by atoms with van der Waals surface area (Å²) in [6.07, 6.45) is 7.18. The molecule has 1 heterocycles. The molecular formula is C27H41N5O3. The van der Waals surface area contributed by atoms with Gasteiger partial charge in [-0.1, -0.05) is 36.8 Å². The number of nitrogens with one attached hydrogen (secondary N) is 1. The van der Waals surface area contributed by atoms with Crippen LogP contribution >= 0.6 is 0 Å². The molecule has 2 aliphatic carbocycles. The van der Waals surface area contributed by atoms with E-state index >= 15 is 0 Å². The highest BCUT2D eigenvalue weighted by atomic mass is 16.2. The number of nitrogens with zero attached hydrogens (tertiary/aromatic N) is 3. The van der Waals surface area contributed by atoms with Crippen molar-refractivity contribution in [3.05, 3.63) is 35.9 Å². The van der Waals surface area contributed by atoms with Crippen LogP contribution in [0.2, 0.25) is 0 Å². The fraction of sp³-hybridized carbons (Fsp3) is 0.667. The lowest BCUT2D eigenvalue weighted by Gasteiger charge is -2.49. The predicted octanol–water partition coefficient (Wildman–Crippen LogP) is 2.67. The minimum absolute atomic E-state index is 0.0369. The monoisotopic (exact) mass is 483 g/mol. The van der Waals surface area contributed by atoms with E-state index in [1.165, 1.54) is 29.7 Å². The Balaban J connectivity index is 1.54. The molecule has 1 saturated heterocycles. The number of rotatable bonds is 8. The summed E-state index contributed by atoms with van der Waals surface area (Å²) >= 11 is 0. The molecule has 1 aromatic carbocycles. The van der Waals surface area contributed by atoms with Gasteiger partial charge in [-0.2, -0.15) is 0 Å². The number of benzene rings is 1. The molecule has 1 spiro atoms. The van der Waals surface area contributed by atoms with Crippen molar-refractivity contribution in [1.29, 1.82) is 0 Å². The molecule has 4 amide bonds. The van der Waals surface area contributed by atoms with Gasteiger partial charge in [0.2, 0.25) is 11.8 Å². The Morgan fingerprint density at radius 2 is 1.77 bits per heavy atom. The molecule has 1 aromatic rings. The minimum atomic E-state index is -1.12. The Kier molecular flexibility index (Phi) is 6.88. The van der Waals surface area contributed by atoms with Crippen LogP contribution in [0.4, 0.5) is 4.79 Å². The third-order valence-electron chi connectivity index (χ3n) is 9.21. The molecule has 192 valence electrons. The standard InChI is InChI=1S/C27H41N5O3/c1-25(2,23(28)34)30(4)22(33)18-31-19-26(32(24(31)35)17-20-9-8-10-20)13-15-27(29-3,16-14-26)21-11-6-5-7-12-21/h5-7,11-12,20,29H,8-10,13-19H2,1-4H3,(H2,28,34)/t26-,27-. The van der Waals surface area contributed by atoms with Crippen LogP contribution in [0, 0.1) is 5.92 Å². The van der Waals surface area contributed by atoms with E-state index < -0.39 is 11.4 Å². The van der Waals surface area contributed by atoms with Gasteiger partial charge in [0.25, 0.3) is 0 Å². The molecule has 8 nitrogen and oxygen atoms in total. The van der Waals surface area contributed by atoms with Crippen LogP contribution in [0.25, 0.3) is 0 Å². The zero-order chi connectivity index (χ0) is 25.4. The van der Waals surface area contributed by atoms with Gasteiger partial charge in [0, 0.05) is 25.7 Å². The van der Waals surface area contributed by atoms with Gasteiger partial charge >= 0.3 is 6.03 Å². The van der Waals surface area contributed by atoms with Crippen molar-refractivity contribution in [3.8, 4) is 0 Å². The van der Waals surface area contributed by atoms with Crippen molar-refractivity contribution in [2.75, 3.05) is 33.7 Å². The topological polar surface area (TPSA) is 99.0 Å². The van der Waals surface area contributed by atoms with E-state index in [4.69, 9.17) is 5.73 Å². The summed E-state index contributed by atoms with van der Waals surface area (Å²) in [6.45, 7) is 4.54. The van der Waals surface area contributed by atoms with Gasteiger partial charge < -0.3 is 25.8 Å². The van der Waals surface area contributed by atoms with Crippen LogP contribution in [0.3, 0.4) is 0 Å². The first-order valence-corrected chi connectivity index (χ1v) is 12.9. The van der Waals surface area contributed by atoms with Gasteiger partial charge in [-0.25, -0.2) is 4.79 Å². The van der Waals surface area contributed by atoms with Crippen LogP contribution in [-0.2, 0) is 15.1 Å². The molecule has 0 bridgehead atoms. The van der Waals surface area contributed by atoms with Crippen LogP contribution in [0.15, 0.2) is 30.3 Å². The molecule has 0 unspecified atom stereocenters. The number of hydrogen-bond donors (Lipinski definition) is 2. The number of hydrogen-bond acceptors (Lipinski definition) is 4. The molecule has 2 saturated carbocycles. The lowest BCUT2D eigenvalue weighted by molar-refractivity contribution is -0.142. The maximum Gasteiger partial charge on any atom is 0.321 e. The van der Waals surface area contributed by atoms with Gasteiger partial charge in [0.15, 0.2) is 0 Å². The Labute approximate surface area is 209 Å². The lowest BCUT2D eigenvalue weighted by Crippen LogP contribution is -2.56. The second kappa shape index (κ2) is 9.45. The van der Waals surface area contributed by atoms with E-state index in [1.54, 1.807) is 25.8 Å². The number of urea groups is 1. The number of primary amides is 1. The minimum Gasteiger partial charge on any atom is -0.368 e. The fourth-order valence-electron chi connectivity index (χ4n) is 5.97. The van der Waals surface area contributed by atoms with Crippen molar-refractivity contribution < 1.29 is 14.4 Å². The third-order valence-corrected chi connectivity index (χ3v) is 9.21. The van der Waals surface area contributed by atoms with E-state index in [9.17, 15) is 14.4 Å². The second-order valence-corrected chi connectivity index (χ2v) is 11.3. The molecule has 1 aliphatic heterocycles. The number of carbonyl (C=O) groups excluding carboxylic acids is 3. The average Bonchev–Trinajstić information content (AvgIpc) is 3.07. The molecular weight excluding hydrogens is 442 g/mol. The van der Waals surface area contributed by atoms with Crippen LogP contribution in [-0.4, -0.2) is 77.4 Å². The zero-order valence-electron chi connectivity index (χ0n) is 21.7. The first kappa shape index (κ1) is 25.5. The van der Waals surface area contributed by atoms with Crippen molar-refractivity contribution in [2.24, 2.45) is 11.7 Å². The number of likely N-dealkylation sites (N-methyl/N-ethyl adjacent to an activating group) is 1. The van der Waals surface area contributed by atoms with Crippen molar-refractivity contribution >= 4 is 17.8 Å². The van der Waals surface area contributed by atoms with Gasteiger partial charge in [0.1, 0.15) is 12.1 Å². The Morgan fingerprint density at radius 1 is 1.14 bits per heavy atom. The smallest absolute Gasteiger partial charge is 0.321 e. The summed E-state index contributed by atoms with van der Waals surface area (Å²) < 4.78 is 0. The van der Waals surface area contributed by atoms with E-state index in [0.29, 0.717) is 12.5 Å². The maximum atomic E-state index is 13.7. The number of carbonyl (C=O) groups is 3. The van der Waals surface area contributed by atoms with Gasteiger partial charge in [-0.3, -0.25) is 9.59 Å². The fourth-order valence-corrected chi connectivity index (χ4v) is 5.97. The molecule has 35 heavy (non-hydrogen) atoms. The zero-order valence-corrected chi connectivity index (χ0v) is 21.7. The van der Waals surface area contributed by atoms with Gasteiger partial charge in [-0.05, 0) is 70.9 Å². The highest BCUT2D eigenvalue weighted by Gasteiger charge is 2.54. The van der Waals surface area contributed by atoms with Gasteiger partial charge in [0.05, 0.1) is 5.54 Å². The summed E-state index contributed by atoms with van der Waals surface area (Å²) in [4.78, 5) is 43.8. The summed E-state index contributed by atoms with van der Waals surface area (Å²) in [5.41, 5.74) is 5.32. The van der Waals surface area contributed by atoms with E-state index in [-0.39, 0.29) is 29.6 Å². The Morgan fingerprint density at radius 3 is 2.29 bits per heavy atom. The summed E-state index contributed by atoms with van der Waals surface area (Å²) in [6, 6.07) is 10.5. The normalized spacial score (nSPS) is 27.3. The van der Waals surface area contributed by atoms with E-state index in [0.717, 1.165) is 32.2 Å². The molecule has 4 rings (SSSR count). The van der Waals surface area contributed by atoms with Crippen molar-refractivity contribution in [2.45, 2.75) is 75.4 Å². The Hall–Kier alpha value is -2.61. The SMILES string of the molecule is CN[C@]1(c2ccccc2)CC[C@@]2(CC1)CN(CC(=O)N(C)C(C)(C)C(N)=O)C(=O)N2CC1CCC1. The van der Waals surface area contributed by atoms with Gasteiger partial charge in [-0.15, -0.1) is 0 Å². The highest BCUT2D eigenvalue weighted by Crippen LogP contribution is 2.47. The first-order valence-electron chi connectivity index (χ1n) is 12.9. The number of amides is 4. The molecule has 3 aliphatic rings.